The number of phenolic OH excluding ortho intramolecular Hbond substituents is 1. The molecule has 0 amide bonds. The van der Waals surface area contributed by atoms with Crippen molar-refractivity contribution in [2.24, 2.45) is 0 Å². The molecule has 0 aromatic heterocycles. The number of rotatable bonds is 3. The van der Waals surface area contributed by atoms with Gasteiger partial charge >= 0.3 is 59.1 Å². The van der Waals surface area contributed by atoms with E-state index in [0.29, 0.717) is 5.75 Å². The summed E-state index contributed by atoms with van der Waals surface area (Å²) in [4.78, 5) is 0. The second-order valence-corrected chi connectivity index (χ2v) is 3.72. The first-order valence-electron chi connectivity index (χ1n) is 4.41. The van der Waals surface area contributed by atoms with Crippen molar-refractivity contribution in [3.8, 4) is 11.5 Å². The van der Waals surface area contributed by atoms with Crippen molar-refractivity contribution in [1.82, 2.24) is 0 Å². The molecule has 0 fully saturated rings. The summed E-state index contributed by atoms with van der Waals surface area (Å²) < 4.78 is 39.0. The third-order valence-electron chi connectivity index (χ3n) is 1.62. The Balaban J connectivity index is -0.000000320. The number of allylic oxidation sites excluding steroid dienone is 1. The summed E-state index contributed by atoms with van der Waals surface area (Å²) in [5.74, 6) is 0.680. The first-order chi connectivity index (χ1) is 7.77. The van der Waals surface area contributed by atoms with Crippen LogP contribution in [0.4, 0.5) is 0 Å². The summed E-state index contributed by atoms with van der Waals surface area (Å²) in [5.41, 5.74) is 1.08. The van der Waals surface area contributed by atoms with Gasteiger partial charge in [0, 0.05) is 10.4 Å². The second-order valence-electron chi connectivity index (χ2n) is 2.91. The number of phenols is 1. The fourth-order valence-corrected chi connectivity index (χ4v) is 1.02. The van der Waals surface area contributed by atoms with Crippen LogP contribution in [0, 0.1) is 0 Å². The van der Waals surface area contributed by atoms with Gasteiger partial charge in [-0.15, -0.1) is 6.58 Å². The van der Waals surface area contributed by atoms with Crippen LogP contribution in [0.15, 0.2) is 30.9 Å². The van der Waals surface area contributed by atoms with E-state index in [4.69, 9.17) is 22.3 Å². The van der Waals surface area contributed by atoms with Gasteiger partial charge in [0.2, 0.25) is 0 Å². The van der Waals surface area contributed by atoms with Crippen LogP contribution in [0.5, 0.6) is 11.5 Å². The first-order valence-corrected chi connectivity index (χ1v) is 5.74. The predicted molar refractivity (Wildman–Crippen MR) is 59.0 cm³/mol. The molecule has 0 aliphatic rings. The Morgan fingerprint density at radius 3 is 2.21 bits per heavy atom. The Morgan fingerprint density at radius 1 is 1.37 bits per heavy atom. The van der Waals surface area contributed by atoms with Gasteiger partial charge in [0.25, 0.3) is 0 Å². The number of ether oxygens (including phenoxy) is 1. The molecule has 0 aliphatic carbocycles. The van der Waals surface area contributed by atoms with Crippen molar-refractivity contribution in [3.63, 3.8) is 0 Å². The van der Waals surface area contributed by atoms with Crippen molar-refractivity contribution in [1.29, 1.82) is 0 Å². The number of aromatic hydroxyl groups is 1. The third kappa shape index (κ3) is 14.6. The zero-order chi connectivity index (χ0) is 13.5. The molecular weight excluding hydrogens is 294 g/mol. The number of hydrogen-bond donors (Lipinski definition) is 1. The van der Waals surface area contributed by atoms with Crippen LogP contribution in [0.25, 0.3) is 0 Å². The van der Waals surface area contributed by atoms with Gasteiger partial charge in [-0.1, -0.05) is 12.1 Å². The second kappa shape index (κ2) is 12.2. The van der Waals surface area contributed by atoms with E-state index < -0.39 is 10.4 Å². The monoisotopic (exact) mass is 306 g/mol. The molecule has 0 aliphatic heterocycles. The van der Waals surface area contributed by atoms with Crippen LogP contribution in [-0.4, -0.2) is 29.7 Å². The van der Waals surface area contributed by atoms with Crippen LogP contribution in [-0.2, 0) is 16.8 Å². The zero-order valence-electron chi connectivity index (χ0n) is 11.1. The van der Waals surface area contributed by atoms with Gasteiger partial charge < -0.3 is 18.9 Å². The molecule has 1 N–H and O–H groups in total. The molecular formula is C10H12Na2O6S. The fraction of sp³-hybridized carbons (Fsp3) is 0.200. The molecule has 1 aromatic rings. The molecule has 9 heteroatoms. The Bertz CT molecular complexity index is 467. The molecule has 0 saturated carbocycles. The van der Waals surface area contributed by atoms with Crippen LogP contribution in [0.3, 0.4) is 0 Å². The minimum absolute atomic E-state index is 0. The summed E-state index contributed by atoms with van der Waals surface area (Å²) in [7, 11) is -3.63. The van der Waals surface area contributed by atoms with Gasteiger partial charge in [0.15, 0.2) is 11.5 Å². The van der Waals surface area contributed by atoms with Gasteiger partial charge in [0.1, 0.15) is 0 Å². The maximum Gasteiger partial charge on any atom is 1.00 e. The van der Waals surface area contributed by atoms with Crippen molar-refractivity contribution >= 4 is 10.4 Å². The topological polar surface area (TPSA) is 110 Å². The molecule has 0 unspecified atom stereocenters. The van der Waals surface area contributed by atoms with Gasteiger partial charge in [-0.25, -0.2) is 0 Å². The molecule has 0 atom stereocenters. The molecule has 6 nitrogen and oxygen atoms in total. The zero-order valence-corrected chi connectivity index (χ0v) is 15.9. The van der Waals surface area contributed by atoms with Crippen LogP contribution >= 0.6 is 0 Å². The molecule has 0 radical (unpaired) electrons. The van der Waals surface area contributed by atoms with E-state index in [1.54, 1.807) is 12.1 Å². The molecule has 0 saturated heterocycles. The maximum atomic E-state index is 9.25. The van der Waals surface area contributed by atoms with Crippen LogP contribution in [0.2, 0.25) is 0 Å². The van der Waals surface area contributed by atoms with E-state index in [2.05, 4.69) is 6.58 Å². The van der Waals surface area contributed by atoms with E-state index in [9.17, 15) is 5.11 Å². The van der Waals surface area contributed by atoms with Crippen LogP contribution in [0.1, 0.15) is 5.56 Å². The SMILES string of the molecule is C=CCc1ccc(O)c(OC)c1.O=S(=O)([O-])[O-].[Na+].[Na+]. The van der Waals surface area contributed by atoms with Crippen molar-refractivity contribution in [2.45, 2.75) is 6.42 Å². The van der Waals surface area contributed by atoms with Crippen LogP contribution < -0.4 is 63.9 Å². The standard InChI is InChI=1S/C10H12O2.2Na.H2O4S/c1-3-4-8-5-6-9(11)10(7-8)12-2;;;1-5(2,3)4/h3,5-7,11H,1,4H2,2H3;;;(H2,1,2,3,4)/q;2*+1;/p-2. The normalized spacial score (nSPS) is 9.00. The Kier molecular flexibility index (Phi) is 15.7. The van der Waals surface area contributed by atoms with E-state index in [0.717, 1.165) is 12.0 Å². The van der Waals surface area contributed by atoms with Gasteiger partial charge in [0.05, 0.1) is 7.11 Å². The van der Waals surface area contributed by atoms with Gasteiger partial charge in [-0.2, -0.15) is 0 Å². The number of hydrogen-bond acceptors (Lipinski definition) is 6. The van der Waals surface area contributed by atoms with E-state index in [1.165, 1.54) is 7.11 Å². The maximum absolute atomic E-state index is 9.25. The molecule has 96 valence electrons. The van der Waals surface area contributed by atoms with Crippen molar-refractivity contribution in [2.75, 3.05) is 7.11 Å². The molecule has 1 rings (SSSR count). The summed E-state index contributed by atoms with van der Waals surface area (Å²) in [5, 5.41) is 9.25. The molecule has 0 heterocycles. The Morgan fingerprint density at radius 2 is 1.84 bits per heavy atom. The van der Waals surface area contributed by atoms with Crippen molar-refractivity contribution < 1.29 is 86.5 Å². The summed E-state index contributed by atoms with van der Waals surface area (Å²) in [6.07, 6.45) is 2.60. The van der Waals surface area contributed by atoms with E-state index >= 15 is 0 Å². The smallest absolute Gasteiger partial charge is 0.759 e. The minimum atomic E-state index is -5.17. The largest absolute Gasteiger partial charge is 1.00 e. The predicted octanol–water partition coefficient (Wildman–Crippen LogP) is -5.20. The molecule has 19 heavy (non-hydrogen) atoms. The molecule has 0 spiro atoms. The summed E-state index contributed by atoms with van der Waals surface area (Å²) in [6.45, 7) is 3.63. The third-order valence-corrected chi connectivity index (χ3v) is 1.62. The quantitative estimate of drug-likeness (QED) is 0.259. The number of methoxy groups -OCH3 is 1. The average molecular weight is 306 g/mol. The van der Waals surface area contributed by atoms with Gasteiger partial charge in [-0.3, -0.25) is 8.42 Å². The van der Waals surface area contributed by atoms with Crippen molar-refractivity contribution in [3.05, 3.63) is 36.4 Å². The number of benzene rings is 1. The molecule has 1 aromatic carbocycles. The summed E-state index contributed by atoms with van der Waals surface area (Å²) in [6, 6.07) is 5.27. The van der Waals surface area contributed by atoms with E-state index in [1.807, 2.05) is 12.1 Å². The first kappa shape index (κ1) is 24.4. The molecule has 0 bridgehead atoms. The summed E-state index contributed by atoms with van der Waals surface area (Å²) >= 11 is 0. The fourth-order valence-electron chi connectivity index (χ4n) is 1.02. The Labute approximate surface area is 157 Å². The minimum Gasteiger partial charge on any atom is -0.759 e. The van der Waals surface area contributed by atoms with Gasteiger partial charge in [-0.05, 0) is 24.1 Å². The Hall–Kier alpha value is 0.430. The van der Waals surface area contributed by atoms with E-state index in [-0.39, 0.29) is 64.9 Å². The average Bonchev–Trinajstić information content (AvgIpc) is 2.19.